The minimum Gasteiger partial charge on any atom is -0.423 e. The van der Waals surface area contributed by atoms with Gasteiger partial charge in [-0.05, 0) is 37.3 Å². The van der Waals surface area contributed by atoms with Gasteiger partial charge in [0.05, 0.1) is 22.7 Å². The van der Waals surface area contributed by atoms with Gasteiger partial charge in [0.15, 0.2) is 0 Å². The Kier molecular flexibility index (Phi) is 5.73. The van der Waals surface area contributed by atoms with Crippen molar-refractivity contribution in [1.29, 1.82) is 5.26 Å². The van der Waals surface area contributed by atoms with Crippen LogP contribution in [0, 0.1) is 18.3 Å². The van der Waals surface area contributed by atoms with E-state index in [1.807, 2.05) is 31.2 Å². The minimum absolute atomic E-state index is 0.0502. The summed E-state index contributed by atoms with van der Waals surface area (Å²) < 4.78 is 11.5. The molecule has 1 aliphatic rings. The summed E-state index contributed by atoms with van der Waals surface area (Å²) in [6, 6.07) is 23.5. The summed E-state index contributed by atoms with van der Waals surface area (Å²) in [5, 5.41) is 17.9. The normalized spacial score (nSPS) is 14.6. The molecule has 1 aromatic heterocycles. The summed E-state index contributed by atoms with van der Waals surface area (Å²) >= 11 is 5.94. The lowest BCUT2D eigenvalue weighted by molar-refractivity contribution is 0.0733. The average molecular weight is 483 g/mol. The molecule has 0 saturated carbocycles. The predicted molar refractivity (Wildman–Crippen MR) is 131 cm³/mol. The van der Waals surface area contributed by atoms with Crippen LogP contribution in [0.3, 0.4) is 0 Å². The second-order valence-electron chi connectivity index (χ2n) is 8.04. The van der Waals surface area contributed by atoms with E-state index in [1.165, 1.54) is 0 Å². The Morgan fingerprint density at radius 1 is 1.11 bits per heavy atom. The summed E-state index contributed by atoms with van der Waals surface area (Å²) in [7, 11) is 0. The molecule has 172 valence electrons. The molecule has 2 heterocycles. The first-order valence-corrected chi connectivity index (χ1v) is 11.1. The maximum atomic E-state index is 12.9. The topological polar surface area (TPSA) is 114 Å². The van der Waals surface area contributed by atoms with E-state index in [0.29, 0.717) is 33.2 Å². The summed E-state index contributed by atoms with van der Waals surface area (Å²) in [5.41, 5.74) is 10.5. The number of aryl methyl sites for hydroxylation is 1. The van der Waals surface area contributed by atoms with Crippen LogP contribution in [0.4, 0.5) is 0 Å². The molecule has 3 aromatic carbocycles. The summed E-state index contributed by atoms with van der Waals surface area (Å²) in [4.78, 5) is 12.9. The van der Waals surface area contributed by atoms with Crippen LogP contribution in [-0.4, -0.2) is 16.2 Å². The Morgan fingerprint density at radius 3 is 2.54 bits per heavy atom. The number of carbonyl (C=O) groups is 1. The number of H-pyrrole nitrogens is 1. The molecule has 0 bridgehead atoms. The molecule has 0 spiro atoms. The summed E-state index contributed by atoms with van der Waals surface area (Å²) in [5.74, 6) is -0.718. The zero-order chi connectivity index (χ0) is 24.5. The van der Waals surface area contributed by atoms with Gasteiger partial charge in [0, 0.05) is 16.1 Å². The van der Waals surface area contributed by atoms with Crippen molar-refractivity contribution < 1.29 is 14.3 Å². The minimum atomic E-state index is -0.673. The number of halogens is 1. The molecule has 4 aromatic rings. The fourth-order valence-electron chi connectivity index (χ4n) is 4.05. The molecule has 5 rings (SSSR count). The molecule has 3 N–H and O–H groups in total. The standard InChI is InChI=1S/C27H19ClN4O3/c1-15-6-8-16(9-7-15)24-23-22(20(14-29)25(30)35-26(23)32-31-24)19-4-2-3-5-21(19)34-27(33)17-10-12-18(28)13-11-17/h2-13,22H,30H2,1H3,(H,31,32)/t22-/m0/s1. The van der Waals surface area contributed by atoms with Crippen LogP contribution in [0.15, 0.2) is 84.3 Å². The number of rotatable bonds is 4. The van der Waals surface area contributed by atoms with Crippen molar-refractivity contribution in [2.24, 2.45) is 5.73 Å². The van der Waals surface area contributed by atoms with Gasteiger partial charge in [0.25, 0.3) is 0 Å². The highest BCUT2D eigenvalue weighted by Gasteiger charge is 2.37. The molecule has 0 saturated heterocycles. The largest absolute Gasteiger partial charge is 0.423 e. The van der Waals surface area contributed by atoms with Crippen molar-refractivity contribution in [2.75, 3.05) is 0 Å². The number of hydrogen-bond donors (Lipinski definition) is 2. The molecule has 1 atom stereocenters. The fraction of sp³-hybridized carbons (Fsp3) is 0.0741. The maximum absolute atomic E-state index is 12.9. The van der Waals surface area contributed by atoms with E-state index in [2.05, 4.69) is 16.3 Å². The van der Waals surface area contributed by atoms with Crippen molar-refractivity contribution in [3.8, 4) is 29.0 Å². The second-order valence-corrected chi connectivity index (χ2v) is 8.48. The number of esters is 1. The molecular weight excluding hydrogens is 464 g/mol. The predicted octanol–water partition coefficient (Wildman–Crippen LogP) is 5.48. The highest BCUT2D eigenvalue weighted by Crippen LogP contribution is 2.47. The molecule has 8 heteroatoms. The number of hydrogen-bond acceptors (Lipinski definition) is 6. The monoisotopic (exact) mass is 482 g/mol. The highest BCUT2D eigenvalue weighted by atomic mass is 35.5. The van der Waals surface area contributed by atoms with E-state index >= 15 is 0 Å². The van der Waals surface area contributed by atoms with E-state index in [1.54, 1.807) is 48.5 Å². The number of benzene rings is 3. The fourth-order valence-corrected chi connectivity index (χ4v) is 4.18. The number of carbonyl (C=O) groups excluding carboxylic acids is 1. The number of para-hydroxylation sites is 1. The van der Waals surface area contributed by atoms with Gasteiger partial charge in [0.2, 0.25) is 11.8 Å². The van der Waals surface area contributed by atoms with Crippen molar-refractivity contribution >= 4 is 17.6 Å². The zero-order valence-corrected chi connectivity index (χ0v) is 19.3. The van der Waals surface area contributed by atoms with Gasteiger partial charge in [-0.3, -0.25) is 5.10 Å². The Labute approximate surface area is 206 Å². The van der Waals surface area contributed by atoms with E-state index < -0.39 is 11.9 Å². The SMILES string of the molecule is Cc1ccc(-c2[nH]nc3c2[C@@H](c2ccccc2OC(=O)c2ccc(Cl)cc2)C(C#N)=C(N)O3)cc1. The number of nitrogens with one attached hydrogen (secondary N) is 1. The molecular formula is C27H19ClN4O3. The third kappa shape index (κ3) is 4.12. The lowest BCUT2D eigenvalue weighted by Crippen LogP contribution is -2.22. The molecule has 0 radical (unpaired) electrons. The Morgan fingerprint density at radius 2 is 1.83 bits per heavy atom. The number of allylic oxidation sites excluding steroid dienone is 1. The van der Waals surface area contributed by atoms with Crippen molar-refractivity contribution in [3.63, 3.8) is 0 Å². The lowest BCUT2D eigenvalue weighted by Gasteiger charge is -2.25. The number of ether oxygens (including phenoxy) is 2. The maximum Gasteiger partial charge on any atom is 0.343 e. The molecule has 0 fully saturated rings. The van der Waals surface area contributed by atoms with Crippen LogP contribution in [-0.2, 0) is 0 Å². The number of nitriles is 1. The molecule has 0 amide bonds. The Bertz CT molecular complexity index is 1500. The van der Waals surface area contributed by atoms with Gasteiger partial charge in [-0.25, -0.2) is 4.79 Å². The van der Waals surface area contributed by atoms with Crippen molar-refractivity contribution in [1.82, 2.24) is 10.2 Å². The van der Waals surface area contributed by atoms with Gasteiger partial charge in [-0.15, -0.1) is 5.10 Å². The smallest absolute Gasteiger partial charge is 0.343 e. The van der Waals surface area contributed by atoms with E-state index in [0.717, 1.165) is 11.1 Å². The van der Waals surface area contributed by atoms with Crippen LogP contribution in [0.5, 0.6) is 11.6 Å². The number of nitrogens with zero attached hydrogens (tertiary/aromatic N) is 2. The Hall–Kier alpha value is -4.54. The van der Waals surface area contributed by atoms with Gasteiger partial charge < -0.3 is 15.2 Å². The lowest BCUT2D eigenvalue weighted by atomic mass is 9.82. The van der Waals surface area contributed by atoms with E-state index in [4.69, 9.17) is 26.8 Å². The molecule has 0 unspecified atom stereocenters. The number of aromatic nitrogens is 2. The van der Waals surface area contributed by atoms with Crippen LogP contribution < -0.4 is 15.2 Å². The first-order chi connectivity index (χ1) is 17.0. The van der Waals surface area contributed by atoms with E-state index in [-0.39, 0.29) is 17.3 Å². The number of fused-ring (bicyclic) bond motifs is 1. The summed E-state index contributed by atoms with van der Waals surface area (Å²) in [6.45, 7) is 2.00. The number of aromatic amines is 1. The van der Waals surface area contributed by atoms with Gasteiger partial charge >= 0.3 is 5.97 Å². The van der Waals surface area contributed by atoms with Crippen LogP contribution in [0.25, 0.3) is 11.3 Å². The van der Waals surface area contributed by atoms with Crippen LogP contribution >= 0.6 is 11.6 Å². The van der Waals surface area contributed by atoms with E-state index in [9.17, 15) is 10.1 Å². The van der Waals surface area contributed by atoms with Crippen molar-refractivity contribution in [3.05, 3.63) is 112 Å². The second kappa shape index (κ2) is 9.01. The first kappa shape index (κ1) is 22.3. The molecule has 7 nitrogen and oxygen atoms in total. The molecule has 0 aliphatic carbocycles. The third-order valence-corrected chi connectivity index (χ3v) is 6.04. The zero-order valence-electron chi connectivity index (χ0n) is 18.6. The highest BCUT2D eigenvalue weighted by molar-refractivity contribution is 6.30. The molecule has 1 aliphatic heterocycles. The van der Waals surface area contributed by atoms with Gasteiger partial charge in [-0.1, -0.05) is 59.6 Å². The molecule has 35 heavy (non-hydrogen) atoms. The van der Waals surface area contributed by atoms with Crippen molar-refractivity contribution in [2.45, 2.75) is 12.8 Å². The quantitative estimate of drug-likeness (QED) is 0.294. The van der Waals surface area contributed by atoms with Crippen LogP contribution in [0.2, 0.25) is 5.02 Å². The van der Waals surface area contributed by atoms with Gasteiger partial charge in [0.1, 0.15) is 17.4 Å². The average Bonchev–Trinajstić information content (AvgIpc) is 3.27. The first-order valence-electron chi connectivity index (χ1n) is 10.8. The van der Waals surface area contributed by atoms with Gasteiger partial charge in [-0.2, -0.15) is 5.26 Å². The number of nitrogens with two attached hydrogens (primary N) is 1. The summed E-state index contributed by atoms with van der Waals surface area (Å²) in [6.07, 6.45) is 0. The van der Waals surface area contributed by atoms with Crippen LogP contribution in [0.1, 0.15) is 33.0 Å². The Balaban J connectivity index is 1.63. The third-order valence-electron chi connectivity index (χ3n) is 5.79.